The number of nitrogens with zero attached hydrogens (tertiary/aromatic N) is 3. The lowest BCUT2D eigenvalue weighted by Crippen LogP contribution is -2.30. The number of hydrogen-bond donors (Lipinski definition) is 4. The molecule has 8 heteroatoms. The van der Waals surface area contributed by atoms with Gasteiger partial charge in [0.05, 0.1) is 12.0 Å². The maximum Gasteiger partial charge on any atom is 0.146 e. The first-order valence-corrected chi connectivity index (χ1v) is 6.44. The summed E-state index contributed by atoms with van der Waals surface area (Å²) in [4.78, 5) is 8.16. The summed E-state index contributed by atoms with van der Waals surface area (Å²) in [5, 5.41) is 32.6. The molecular weight excluding hydrogens is 279 g/mol. The number of aromatic nitrogens is 3. The molecule has 3 atom stereocenters. The van der Waals surface area contributed by atoms with Crippen LogP contribution in [0.5, 0.6) is 0 Å². The molecule has 7 nitrogen and oxygen atoms in total. The van der Waals surface area contributed by atoms with Gasteiger partial charge >= 0.3 is 0 Å². The first kappa shape index (κ1) is 13.9. The summed E-state index contributed by atoms with van der Waals surface area (Å²) >= 11 is 0. The van der Waals surface area contributed by atoms with Crippen LogP contribution < -0.4 is 5.32 Å². The van der Waals surface area contributed by atoms with Crippen molar-refractivity contribution < 1.29 is 19.7 Å². The van der Waals surface area contributed by atoms with Crippen molar-refractivity contribution in [1.29, 1.82) is 0 Å². The minimum absolute atomic E-state index is 0.197. The summed E-state index contributed by atoms with van der Waals surface area (Å²) in [5.74, 6) is -0.154. The topological polar surface area (TPSA) is 103 Å². The lowest BCUT2D eigenvalue weighted by atomic mass is 10.1. The predicted octanol–water partition coefficient (Wildman–Crippen LogP) is -0.0346. The molecular formula is C13H15FN4O3. The normalized spacial score (nSPS) is 25.9. The average molecular weight is 294 g/mol. The molecule has 0 aromatic carbocycles. The van der Waals surface area contributed by atoms with Crippen LogP contribution in [0.2, 0.25) is 0 Å². The summed E-state index contributed by atoms with van der Waals surface area (Å²) in [5.41, 5.74) is 0.234. The molecule has 3 rings (SSSR count). The maximum atomic E-state index is 14.3. The smallest absolute Gasteiger partial charge is 0.146 e. The van der Waals surface area contributed by atoms with Gasteiger partial charge in [-0.25, -0.2) is 14.4 Å². The zero-order chi connectivity index (χ0) is 15.1. The van der Waals surface area contributed by atoms with E-state index in [-0.39, 0.29) is 5.57 Å². The second-order valence-corrected chi connectivity index (χ2v) is 4.84. The van der Waals surface area contributed by atoms with Crippen molar-refractivity contribution in [2.75, 3.05) is 19.0 Å². The van der Waals surface area contributed by atoms with Gasteiger partial charge in [-0.3, -0.25) is 0 Å². The van der Waals surface area contributed by atoms with E-state index in [1.54, 1.807) is 19.3 Å². The zero-order valence-corrected chi connectivity index (χ0v) is 11.2. The number of nitrogens with one attached hydrogen (secondary N) is 1. The first-order valence-electron chi connectivity index (χ1n) is 6.44. The van der Waals surface area contributed by atoms with Crippen molar-refractivity contribution in [1.82, 2.24) is 14.5 Å². The van der Waals surface area contributed by atoms with Gasteiger partial charge in [0.1, 0.15) is 41.9 Å². The van der Waals surface area contributed by atoms with Crippen molar-refractivity contribution in [3.05, 3.63) is 30.0 Å². The molecule has 21 heavy (non-hydrogen) atoms. The average Bonchev–Trinajstić information content (AvgIpc) is 2.99. The van der Waals surface area contributed by atoms with Crippen LogP contribution in [0.3, 0.4) is 0 Å². The minimum atomic E-state index is -1.43. The highest BCUT2D eigenvalue weighted by atomic mass is 19.1. The first-order chi connectivity index (χ1) is 10.1. The molecule has 2 heterocycles. The largest absolute Gasteiger partial charge is 0.392 e. The van der Waals surface area contributed by atoms with Gasteiger partial charge in [-0.1, -0.05) is 0 Å². The van der Waals surface area contributed by atoms with Crippen LogP contribution in [0.15, 0.2) is 30.0 Å². The number of aliphatic hydroxyl groups is 3. The van der Waals surface area contributed by atoms with Gasteiger partial charge in [0.15, 0.2) is 0 Å². The van der Waals surface area contributed by atoms with Crippen molar-refractivity contribution in [2.24, 2.45) is 0 Å². The SMILES string of the molecule is CNc1ncnc2c1ccn2C1C(F)=C(CO)[C@@H](O)[C@H]1O. The van der Waals surface area contributed by atoms with Crippen LogP contribution in [0.4, 0.5) is 10.2 Å². The van der Waals surface area contributed by atoms with E-state index in [2.05, 4.69) is 15.3 Å². The number of aliphatic hydroxyl groups excluding tert-OH is 3. The summed E-state index contributed by atoms with van der Waals surface area (Å²) in [6, 6.07) is 0.587. The third-order valence-corrected chi connectivity index (χ3v) is 3.79. The predicted molar refractivity (Wildman–Crippen MR) is 73.3 cm³/mol. The Hall–Kier alpha value is -2.03. The Morgan fingerprint density at radius 2 is 2.14 bits per heavy atom. The molecule has 0 fully saturated rings. The Labute approximate surface area is 119 Å². The van der Waals surface area contributed by atoms with Crippen LogP contribution in [0, 0.1) is 0 Å². The molecule has 2 aromatic rings. The van der Waals surface area contributed by atoms with Crippen LogP contribution in [-0.4, -0.2) is 55.7 Å². The highest BCUT2D eigenvalue weighted by Gasteiger charge is 2.43. The van der Waals surface area contributed by atoms with E-state index < -0.39 is 30.7 Å². The zero-order valence-electron chi connectivity index (χ0n) is 11.2. The van der Waals surface area contributed by atoms with Crippen molar-refractivity contribution in [3.63, 3.8) is 0 Å². The summed E-state index contributed by atoms with van der Waals surface area (Å²) in [6.45, 7) is -0.642. The highest BCUT2D eigenvalue weighted by Crippen LogP contribution is 2.39. The number of halogens is 1. The Morgan fingerprint density at radius 1 is 1.38 bits per heavy atom. The molecule has 0 amide bonds. The molecule has 112 valence electrons. The second kappa shape index (κ2) is 5.06. The van der Waals surface area contributed by atoms with Gasteiger partial charge < -0.3 is 25.2 Å². The van der Waals surface area contributed by atoms with E-state index in [9.17, 15) is 14.6 Å². The van der Waals surface area contributed by atoms with E-state index in [1.165, 1.54) is 10.9 Å². The Bertz CT molecular complexity index is 715. The van der Waals surface area contributed by atoms with Gasteiger partial charge in [0.25, 0.3) is 0 Å². The van der Waals surface area contributed by atoms with Gasteiger partial charge in [-0.05, 0) is 6.07 Å². The summed E-state index contributed by atoms with van der Waals surface area (Å²) < 4.78 is 15.8. The van der Waals surface area contributed by atoms with Gasteiger partial charge in [0, 0.05) is 18.8 Å². The molecule has 0 spiro atoms. The maximum absolute atomic E-state index is 14.3. The van der Waals surface area contributed by atoms with E-state index in [1.807, 2.05) is 0 Å². The number of anilines is 1. The third kappa shape index (κ3) is 1.91. The van der Waals surface area contributed by atoms with Crippen LogP contribution in [0.1, 0.15) is 6.04 Å². The van der Waals surface area contributed by atoms with Crippen molar-refractivity contribution >= 4 is 16.9 Å². The molecule has 0 bridgehead atoms. The quantitative estimate of drug-likeness (QED) is 0.633. The van der Waals surface area contributed by atoms with Gasteiger partial charge in [0.2, 0.25) is 0 Å². The molecule has 0 saturated heterocycles. The van der Waals surface area contributed by atoms with Gasteiger partial charge in [-0.15, -0.1) is 0 Å². The van der Waals surface area contributed by atoms with Gasteiger partial charge in [-0.2, -0.15) is 0 Å². The number of rotatable bonds is 3. The fourth-order valence-corrected chi connectivity index (χ4v) is 2.71. The summed E-state index contributed by atoms with van der Waals surface area (Å²) in [6.07, 6.45) is 0.0938. The Morgan fingerprint density at radius 3 is 2.76 bits per heavy atom. The van der Waals surface area contributed by atoms with Crippen molar-refractivity contribution in [2.45, 2.75) is 18.2 Å². The number of hydrogen-bond acceptors (Lipinski definition) is 6. The van der Waals surface area contributed by atoms with E-state index in [0.29, 0.717) is 16.9 Å². The van der Waals surface area contributed by atoms with Crippen molar-refractivity contribution in [3.8, 4) is 0 Å². The molecule has 0 aliphatic heterocycles. The van der Waals surface area contributed by atoms with E-state index in [4.69, 9.17) is 5.11 Å². The molecule has 2 aromatic heterocycles. The lowest BCUT2D eigenvalue weighted by molar-refractivity contribution is 0.0263. The molecule has 1 aliphatic rings. The minimum Gasteiger partial charge on any atom is -0.392 e. The molecule has 1 aliphatic carbocycles. The number of fused-ring (bicyclic) bond motifs is 1. The third-order valence-electron chi connectivity index (χ3n) is 3.79. The van der Waals surface area contributed by atoms with Crippen LogP contribution in [0.25, 0.3) is 11.0 Å². The highest BCUT2D eigenvalue weighted by molar-refractivity contribution is 5.87. The van der Waals surface area contributed by atoms with E-state index >= 15 is 0 Å². The Balaban J connectivity index is 2.15. The molecule has 0 saturated carbocycles. The fourth-order valence-electron chi connectivity index (χ4n) is 2.71. The standard InChI is InChI=1S/C13H15FN4O3/c1-15-12-6-2-3-18(13(6)17-5-16-12)9-8(14)7(4-19)10(20)11(9)21/h2-3,5,9-11,19-21H,4H2,1H3,(H,15,16,17)/t9?,10-,11+/m1/s1. The molecule has 4 N–H and O–H groups in total. The molecule has 0 radical (unpaired) electrons. The summed E-state index contributed by atoms with van der Waals surface area (Å²) in [7, 11) is 1.71. The monoisotopic (exact) mass is 294 g/mol. The lowest BCUT2D eigenvalue weighted by Gasteiger charge is -2.19. The Kier molecular flexibility index (Phi) is 3.36. The van der Waals surface area contributed by atoms with Crippen LogP contribution >= 0.6 is 0 Å². The van der Waals surface area contributed by atoms with Crippen LogP contribution in [-0.2, 0) is 0 Å². The second-order valence-electron chi connectivity index (χ2n) is 4.84. The fraction of sp³-hybridized carbons (Fsp3) is 0.385. The molecule has 1 unspecified atom stereocenters. The van der Waals surface area contributed by atoms with E-state index in [0.717, 1.165) is 0 Å².